The van der Waals surface area contributed by atoms with Gasteiger partial charge in [-0.25, -0.2) is 18.9 Å². The van der Waals surface area contributed by atoms with E-state index in [1.165, 1.54) is 22.8 Å². The van der Waals surface area contributed by atoms with Gasteiger partial charge in [-0.3, -0.25) is 18.4 Å². The summed E-state index contributed by atoms with van der Waals surface area (Å²) in [4.78, 5) is 22.7. The highest BCUT2D eigenvalue weighted by molar-refractivity contribution is 7.48. The molecule has 13 heteroatoms. The first kappa shape index (κ1) is 34.6. The normalized spacial score (nSPS) is 14.4. The smallest absolute Gasteiger partial charge is 0.381 e. The molecule has 49 heavy (non-hydrogen) atoms. The number of halogens is 2. The quantitative estimate of drug-likeness (QED) is 0.116. The third-order valence-electron chi connectivity index (χ3n) is 7.97. The predicted molar refractivity (Wildman–Crippen MR) is 185 cm³/mol. The second kappa shape index (κ2) is 16.5. The van der Waals surface area contributed by atoms with Crippen LogP contribution in [0, 0.1) is 5.82 Å². The molecular weight excluding hydrogens is 670 g/mol. The highest BCUT2D eigenvalue weighted by Crippen LogP contribution is 2.51. The van der Waals surface area contributed by atoms with Crippen LogP contribution in [0.3, 0.4) is 0 Å². The minimum Gasteiger partial charge on any atom is -0.381 e. The largest absolute Gasteiger partial charge is 0.475 e. The van der Waals surface area contributed by atoms with Crippen molar-refractivity contribution < 1.29 is 27.3 Å². The van der Waals surface area contributed by atoms with Gasteiger partial charge >= 0.3 is 7.82 Å². The standard InChI is InChI=1S/C36H35ClFN4O6P/c37-31-12-11-29(21-32(31)38)34(25-48-49(44,46-23-26-7-3-1-4-8-26)47-24-27-9-5-2-6-10-27)42-18-14-28(22-35(42)43)33-13-17-39-36(41-33)40-30-15-19-45-20-16-30/h1-14,17-18,21-22,30,34H,15-16,19-20,23-25H2,(H,39,40,41)/t34-/m1/s1. The van der Waals surface area contributed by atoms with Crippen molar-refractivity contribution in [1.29, 1.82) is 0 Å². The van der Waals surface area contributed by atoms with Crippen LogP contribution in [-0.4, -0.2) is 40.4 Å². The van der Waals surface area contributed by atoms with Crippen molar-refractivity contribution in [1.82, 2.24) is 14.5 Å². The van der Waals surface area contributed by atoms with Crippen LogP contribution in [0.5, 0.6) is 0 Å². The van der Waals surface area contributed by atoms with E-state index in [4.69, 9.17) is 29.9 Å². The molecule has 1 fully saturated rings. The zero-order valence-electron chi connectivity index (χ0n) is 26.5. The monoisotopic (exact) mass is 704 g/mol. The molecule has 0 spiro atoms. The second-order valence-corrected chi connectivity index (χ2v) is 13.5. The van der Waals surface area contributed by atoms with Gasteiger partial charge in [0.1, 0.15) is 5.82 Å². The number of rotatable bonds is 14. The molecular formula is C36H35ClFN4O6P. The topological polar surface area (TPSA) is 114 Å². The SMILES string of the molecule is O=c1cc(-c2ccnc(NC3CCOCC3)n2)ccn1[C@H](COP(=O)(OCc1ccccc1)OCc1ccccc1)c1ccc(Cl)c(F)c1. The van der Waals surface area contributed by atoms with Crippen LogP contribution in [-0.2, 0) is 36.1 Å². The Balaban J connectivity index is 1.26. The summed E-state index contributed by atoms with van der Waals surface area (Å²) in [5.74, 6) is -0.221. The summed E-state index contributed by atoms with van der Waals surface area (Å²) in [6.45, 7) is 0.892. The molecule has 1 atom stereocenters. The third-order valence-corrected chi connectivity index (χ3v) is 9.64. The maximum absolute atomic E-state index is 14.7. The summed E-state index contributed by atoms with van der Waals surface area (Å²) in [7, 11) is -4.23. The van der Waals surface area contributed by atoms with Gasteiger partial charge in [-0.15, -0.1) is 0 Å². The molecule has 2 aromatic heterocycles. The molecule has 0 bridgehead atoms. The molecule has 10 nitrogen and oxygen atoms in total. The van der Waals surface area contributed by atoms with Crippen LogP contribution in [0.15, 0.2) is 114 Å². The Bertz CT molecular complexity index is 1900. The molecule has 5 aromatic rings. The number of ether oxygens (including phenoxy) is 1. The highest BCUT2D eigenvalue weighted by Gasteiger charge is 2.30. The summed E-state index contributed by atoms with van der Waals surface area (Å²) in [5, 5.41) is 3.26. The summed E-state index contributed by atoms with van der Waals surface area (Å²) in [6, 6.07) is 26.7. The molecule has 0 radical (unpaired) electrons. The molecule has 3 aromatic carbocycles. The number of benzene rings is 3. The number of hydrogen-bond donors (Lipinski definition) is 1. The van der Waals surface area contributed by atoms with Crippen molar-refractivity contribution in [2.45, 2.75) is 38.1 Å². The Morgan fingerprint density at radius 1 is 0.918 bits per heavy atom. The number of nitrogens with one attached hydrogen (secondary N) is 1. The lowest BCUT2D eigenvalue weighted by molar-refractivity contribution is 0.0903. The van der Waals surface area contributed by atoms with Gasteiger partial charge in [0.25, 0.3) is 5.56 Å². The summed E-state index contributed by atoms with van der Waals surface area (Å²) < 4.78 is 53.1. The molecule has 3 heterocycles. The number of hydrogen-bond acceptors (Lipinski definition) is 9. The van der Waals surface area contributed by atoms with Gasteiger partial charge in [0.05, 0.1) is 36.6 Å². The highest BCUT2D eigenvalue weighted by atomic mass is 35.5. The van der Waals surface area contributed by atoms with E-state index in [-0.39, 0.29) is 30.9 Å². The van der Waals surface area contributed by atoms with E-state index in [0.29, 0.717) is 36.0 Å². The van der Waals surface area contributed by atoms with Crippen molar-refractivity contribution >= 4 is 25.4 Å². The summed E-state index contributed by atoms with van der Waals surface area (Å²) >= 11 is 5.99. The zero-order chi connectivity index (χ0) is 34.1. The van der Waals surface area contributed by atoms with Crippen LogP contribution in [0.2, 0.25) is 5.02 Å². The van der Waals surface area contributed by atoms with Crippen molar-refractivity contribution in [3.8, 4) is 11.3 Å². The van der Waals surface area contributed by atoms with Gasteiger partial charge < -0.3 is 14.6 Å². The number of phosphoric ester groups is 1. The molecule has 0 amide bonds. The summed E-state index contributed by atoms with van der Waals surface area (Å²) in [5.41, 5.74) is 2.56. The zero-order valence-corrected chi connectivity index (χ0v) is 28.1. The molecule has 0 aliphatic carbocycles. The van der Waals surface area contributed by atoms with Gasteiger partial charge in [-0.05, 0) is 53.8 Å². The number of aromatic nitrogens is 3. The predicted octanol–water partition coefficient (Wildman–Crippen LogP) is 7.84. The lowest BCUT2D eigenvalue weighted by Gasteiger charge is -2.24. The molecule has 0 saturated carbocycles. The van der Waals surface area contributed by atoms with Gasteiger partial charge in [-0.2, -0.15) is 0 Å². The fourth-order valence-corrected chi connectivity index (χ4v) is 6.59. The van der Waals surface area contributed by atoms with E-state index in [9.17, 15) is 13.8 Å². The van der Waals surface area contributed by atoms with Crippen LogP contribution < -0.4 is 10.9 Å². The second-order valence-electron chi connectivity index (χ2n) is 11.4. The Labute approximate surface area is 288 Å². The van der Waals surface area contributed by atoms with E-state index in [0.717, 1.165) is 24.0 Å². The average Bonchev–Trinajstić information content (AvgIpc) is 3.13. The van der Waals surface area contributed by atoms with Crippen molar-refractivity contribution in [3.63, 3.8) is 0 Å². The maximum atomic E-state index is 14.7. The van der Waals surface area contributed by atoms with Crippen molar-refractivity contribution in [2.24, 2.45) is 0 Å². The lowest BCUT2D eigenvalue weighted by atomic mass is 10.1. The van der Waals surface area contributed by atoms with E-state index < -0.39 is 25.2 Å². The molecule has 254 valence electrons. The van der Waals surface area contributed by atoms with Crippen LogP contribution in [0.4, 0.5) is 10.3 Å². The van der Waals surface area contributed by atoms with Crippen LogP contribution in [0.1, 0.15) is 35.6 Å². The fourth-order valence-electron chi connectivity index (χ4n) is 5.31. The Kier molecular flexibility index (Phi) is 11.6. The Morgan fingerprint density at radius 3 is 2.22 bits per heavy atom. The molecule has 6 rings (SSSR count). The minimum absolute atomic E-state index is 0.0495. The first-order chi connectivity index (χ1) is 23.8. The molecule has 1 N–H and O–H groups in total. The summed E-state index contributed by atoms with van der Waals surface area (Å²) in [6.07, 6.45) is 4.89. The molecule has 1 aliphatic heterocycles. The van der Waals surface area contributed by atoms with E-state index >= 15 is 0 Å². The van der Waals surface area contributed by atoms with E-state index in [1.54, 1.807) is 30.6 Å². The molecule has 1 saturated heterocycles. The average molecular weight is 705 g/mol. The van der Waals surface area contributed by atoms with Gasteiger partial charge in [-0.1, -0.05) is 78.3 Å². The Hall–Kier alpha value is -4.22. The maximum Gasteiger partial charge on any atom is 0.475 e. The number of nitrogens with zero attached hydrogens (tertiary/aromatic N) is 3. The third kappa shape index (κ3) is 9.48. The number of phosphoric acid groups is 1. The first-order valence-corrected chi connectivity index (χ1v) is 17.7. The van der Waals surface area contributed by atoms with E-state index in [2.05, 4.69) is 15.3 Å². The van der Waals surface area contributed by atoms with Gasteiger partial charge in [0.2, 0.25) is 5.95 Å². The Morgan fingerprint density at radius 2 is 1.59 bits per heavy atom. The molecule has 0 unspecified atom stereocenters. The van der Waals surface area contributed by atoms with Crippen molar-refractivity contribution in [3.05, 3.63) is 147 Å². The van der Waals surface area contributed by atoms with Crippen LogP contribution in [0.25, 0.3) is 11.3 Å². The van der Waals surface area contributed by atoms with Crippen LogP contribution >= 0.6 is 19.4 Å². The van der Waals surface area contributed by atoms with Gasteiger partial charge in [0.15, 0.2) is 0 Å². The van der Waals surface area contributed by atoms with E-state index in [1.807, 2.05) is 60.7 Å². The molecule has 1 aliphatic rings. The number of anilines is 1. The van der Waals surface area contributed by atoms with Crippen molar-refractivity contribution in [2.75, 3.05) is 25.1 Å². The number of pyridine rings is 1. The lowest BCUT2D eigenvalue weighted by Crippen LogP contribution is -2.28. The van der Waals surface area contributed by atoms with Gasteiger partial charge in [0, 0.05) is 43.3 Å². The first-order valence-electron chi connectivity index (χ1n) is 15.8. The minimum atomic E-state index is -4.23. The fraction of sp³-hybridized carbons (Fsp3) is 0.250.